The Labute approximate surface area is 178 Å². The van der Waals surface area contributed by atoms with Gasteiger partial charge in [0.15, 0.2) is 0 Å². The normalized spacial score (nSPS) is 18.8. The second kappa shape index (κ2) is 9.65. The first-order valence-corrected chi connectivity index (χ1v) is 10.5. The van der Waals surface area contributed by atoms with Crippen LogP contribution in [-0.2, 0) is 0 Å². The van der Waals surface area contributed by atoms with E-state index >= 15 is 0 Å². The van der Waals surface area contributed by atoms with Gasteiger partial charge in [-0.2, -0.15) is 0 Å². The van der Waals surface area contributed by atoms with Crippen LogP contribution in [0.1, 0.15) is 48.4 Å². The Bertz CT molecular complexity index is 825. The van der Waals surface area contributed by atoms with E-state index in [9.17, 15) is 9.59 Å². The molecule has 160 valence electrons. The van der Waals surface area contributed by atoms with Gasteiger partial charge in [-0.15, -0.1) is 0 Å². The van der Waals surface area contributed by atoms with Gasteiger partial charge in [0.05, 0.1) is 24.3 Å². The lowest BCUT2D eigenvalue weighted by Gasteiger charge is -2.44. The second-order valence-electron chi connectivity index (χ2n) is 7.47. The summed E-state index contributed by atoms with van der Waals surface area (Å²) in [5, 5.41) is 0. The highest BCUT2D eigenvalue weighted by molar-refractivity contribution is 5.99. The summed E-state index contributed by atoms with van der Waals surface area (Å²) in [5.74, 6) is 1.04. The van der Waals surface area contributed by atoms with Gasteiger partial charge in [-0.25, -0.2) is 0 Å². The monoisotopic (exact) mass is 410 g/mol. The fourth-order valence-electron chi connectivity index (χ4n) is 3.85. The van der Waals surface area contributed by atoms with E-state index in [2.05, 4.69) is 0 Å². The van der Waals surface area contributed by atoms with Crippen LogP contribution in [0.15, 0.2) is 48.5 Å². The fourth-order valence-corrected chi connectivity index (χ4v) is 3.85. The Hall–Kier alpha value is -3.02. The lowest BCUT2D eigenvalue weighted by atomic mass is 10.0. The molecule has 6 nitrogen and oxygen atoms in total. The number of hydrogen-bond donors (Lipinski definition) is 0. The standard InChI is InChI=1S/C24H30N2O4/c1-5-29-21-13-9-7-11-19(21)23(27)25-15-18(4)26(16-17(25)3)24(28)20-12-8-10-14-22(20)30-6-2/h7-14,17-18H,5-6,15-16H2,1-4H3/t17-,18-/m0/s1. The third-order valence-electron chi connectivity index (χ3n) is 5.34. The van der Waals surface area contributed by atoms with E-state index in [0.29, 0.717) is 48.9 Å². The average Bonchev–Trinajstić information content (AvgIpc) is 2.75. The molecular formula is C24H30N2O4. The minimum atomic E-state index is -0.119. The predicted octanol–water partition coefficient (Wildman–Crippen LogP) is 3.86. The molecule has 1 aliphatic heterocycles. The summed E-state index contributed by atoms with van der Waals surface area (Å²) in [6, 6.07) is 14.4. The molecule has 0 N–H and O–H groups in total. The molecule has 0 unspecified atom stereocenters. The zero-order valence-electron chi connectivity index (χ0n) is 18.1. The quantitative estimate of drug-likeness (QED) is 0.726. The maximum atomic E-state index is 13.3. The summed E-state index contributed by atoms with van der Waals surface area (Å²) >= 11 is 0. The van der Waals surface area contributed by atoms with Crippen molar-refractivity contribution in [2.24, 2.45) is 0 Å². The molecule has 2 amide bonds. The first-order valence-electron chi connectivity index (χ1n) is 10.5. The Balaban J connectivity index is 1.79. The average molecular weight is 411 g/mol. The van der Waals surface area contributed by atoms with Gasteiger partial charge in [-0.3, -0.25) is 9.59 Å². The van der Waals surface area contributed by atoms with Gasteiger partial charge in [-0.05, 0) is 52.0 Å². The van der Waals surface area contributed by atoms with Gasteiger partial charge < -0.3 is 19.3 Å². The van der Waals surface area contributed by atoms with Crippen molar-refractivity contribution in [1.29, 1.82) is 0 Å². The number of ether oxygens (including phenoxy) is 2. The number of carbonyl (C=O) groups is 2. The molecule has 1 heterocycles. The summed E-state index contributed by atoms with van der Waals surface area (Å²) in [6.45, 7) is 9.66. The molecule has 2 aromatic carbocycles. The molecule has 1 fully saturated rings. The van der Waals surface area contributed by atoms with Crippen LogP contribution in [-0.4, -0.2) is 60.0 Å². The molecular weight excluding hydrogens is 380 g/mol. The van der Waals surface area contributed by atoms with Crippen molar-refractivity contribution in [3.63, 3.8) is 0 Å². The zero-order chi connectivity index (χ0) is 21.7. The zero-order valence-corrected chi connectivity index (χ0v) is 18.1. The van der Waals surface area contributed by atoms with Crippen molar-refractivity contribution in [3.05, 3.63) is 59.7 Å². The molecule has 1 saturated heterocycles. The first-order chi connectivity index (χ1) is 14.5. The molecule has 0 radical (unpaired) electrons. The maximum Gasteiger partial charge on any atom is 0.257 e. The number of carbonyl (C=O) groups excluding carboxylic acids is 2. The number of amides is 2. The number of nitrogens with zero attached hydrogens (tertiary/aromatic N) is 2. The number of para-hydroxylation sites is 2. The van der Waals surface area contributed by atoms with Crippen molar-refractivity contribution in [3.8, 4) is 11.5 Å². The van der Waals surface area contributed by atoms with Gasteiger partial charge >= 0.3 is 0 Å². The van der Waals surface area contributed by atoms with E-state index in [4.69, 9.17) is 9.47 Å². The van der Waals surface area contributed by atoms with Crippen LogP contribution in [0.2, 0.25) is 0 Å². The summed E-state index contributed by atoms with van der Waals surface area (Å²) < 4.78 is 11.3. The minimum absolute atomic E-state index is 0.0692. The lowest BCUT2D eigenvalue weighted by molar-refractivity contribution is 0.0266. The number of hydrogen-bond acceptors (Lipinski definition) is 4. The van der Waals surface area contributed by atoms with Gasteiger partial charge in [0.2, 0.25) is 0 Å². The highest BCUT2D eigenvalue weighted by Crippen LogP contribution is 2.27. The molecule has 0 spiro atoms. The van der Waals surface area contributed by atoms with Gasteiger partial charge in [0.25, 0.3) is 11.8 Å². The molecule has 2 atom stereocenters. The number of piperazine rings is 1. The highest BCUT2D eigenvalue weighted by atomic mass is 16.5. The van der Waals surface area contributed by atoms with Crippen molar-refractivity contribution in [1.82, 2.24) is 9.80 Å². The van der Waals surface area contributed by atoms with Crippen molar-refractivity contribution in [2.45, 2.75) is 39.8 Å². The Morgan fingerprint density at radius 1 is 0.767 bits per heavy atom. The van der Waals surface area contributed by atoms with E-state index in [1.54, 1.807) is 12.1 Å². The third kappa shape index (κ3) is 4.42. The molecule has 3 rings (SSSR count). The molecule has 0 saturated carbocycles. The van der Waals surface area contributed by atoms with Crippen LogP contribution < -0.4 is 9.47 Å². The van der Waals surface area contributed by atoms with Gasteiger partial charge in [0.1, 0.15) is 11.5 Å². The Morgan fingerprint density at radius 3 is 1.50 bits per heavy atom. The molecule has 0 bridgehead atoms. The van der Waals surface area contributed by atoms with Crippen LogP contribution in [0.3, 0.4) is 0 Å². The van der Waals surface area contributed by atoms with Crippen LogP contribution >= 0.6 is 0 Å². The number of benzene rings is 2. The molecule has 0 aliphatic carbocycles. The summed E-state index contributed by atoms with van der Waals surface area (Å²) in [7, 11) is 0. The van der Waals surface area contributed by atoms with E-state index < -0.39 is 0 Å². The predicted molar refractivity (Wildman–Crippen MR) is 116 cm³/mol. The topological polar surface area (TPSA) is 59.1 Å². The van der Waals surface area contributed by atoms with Crippen molar-refractivity contribution in [2.75, 3.05) is 26.3 Å². The summed E-state index contributed by atoms with van der Waals surface area (Å²) in [5.41, 5.74) is 1.11. The lowest BCUT2D eigenvalue weighted by Crippen LogP contribution is -2.59. The molecule has 30 heavy (non-hydrogen) atoms. The Morgan fingerprint density at radius 2 is 1.13 bits per heavy atom. The first kappa shape index (κ1) is 21.7. The van der Waals surface area contributed by atoms with Crippen molar-refractivity contribution >= 4 is 11.8 Å². The van der Waals surface area contributed by atoms with E-state index in [-0.39, 0.29) is 23.9 Å². The smallest absolute Gasteiger partial charge is 0.257 e. The van der Waals surface area contributed by atoms with E-state index in [0.717, 1.165) is 0 Å². The van der Waals surface area contributed by atoms with Crippen LogP contribution in [0.25, 0.3) is 0 Å². The molecule has 2 aromatic rings. The fraction of sp³-hybridized carbons (Fsp3) is 0.417. The van der Waals surface area contributed by atoms with Crippen molar-refractivity contribution < 1.29 is 19.1 Å². The number of rotatable bonds is 6. The second-order valence-corrected chi connectivity index (χ2v) is 7.47. The van der Waals surface area contributed by atoms with Gasteiger partial charge in [0, 0.05) is 25.2 Å². The summed E-state index contributed by atoms with van der Waals surface area (Å²) in [6.07, 6.45) is 0. The minimum Gasteiger partial charge on any atom is -0.493 e. The van der Waals surface area contributed by atoms with Crippen LogP contribution in [0, 0.1) is 0 Å². The molecule has 0 aromatic heterocycles. The highest BCUT2D eigenvalue weighted by Gasteiger charge is 2.36. The third-order valence-corrected chi connectivity index (χ3v) is 5.34. The van der Waals surface area contributed by atoms with E-state index in [1.807, 2.05) is 73.9 Å². The van der Waals surface area contributed by atoms with Crippen LogP contribution in [0.5, 0.6) is 11.5 Å². The molecule has 1 aliphatic rings. The van der Waals surface area contributed by atoms with Crippen LogP contribution in [0.4, 0.5) is 0 Å². The molecule has 6 heteroatoms. The largest absolute Gasteiger partial charge is 0.493 e. The Kier molecular flexibility index (Phi) is 6.98. The van der Waals surface area contributed by atoms with Gasteiger partial charge in [-0.1, -0.05) is 24.3 Å². The van der Waals surface area contributed by atoms with E-state index in [1.165, 1.54) is 0 Å². The SMILES string of the molecule is CCOc1ccccc1C(=O)N1C[C@H](C)N(C(=O)c2ccccc2OCC)C[C@@H]1C. The summed E-state index contributed by atoms with van der Waals surface area (Å²) in [4.78, 5) is 30.2. The maximum absolute atomic E-state index is 13.3.